The number of nitrogens with zero attached hydrogens (tertiary/aromatic N) is 4. The molecule has 174 valence electrons. The predicted molar refractivity (Wildman–Crippen MR) is 133 cm³/mol. The first-order valence-corrected chi connectivity index (χ1v) is 13.9. The standard InChI is InChI=1S/C26H38N4OS/c1-2-3-14-22(31)29-15-17-30(18-16-29)25-23-20-12-8-5-9-13-21(20)32-26(23)28-24(27-25)19-10-6-4-7-11-19/h19H,2-18H2,1H3. The van der Waals surface area contributed by atoms with E-state index in [-0.39, 0.29) is 0 Å². The third kappa shape index (κ3) is 4.52. The Bertz CT molecular complexity index is 941. The van der Waals surface area contributed by atoms with Gasteiger partial charge < -0.3 is 9.80 Å². The van der Waals surface area contributed by atoms with Gasteiger partial charge in [-0.15, -0.1) is 11.3 Å². The summed E-state index contributed by atoms with van der Waals surface area (Å²) in [6.45, 7) is 5.56. The zero-order valence-corrected chi connectivity index (χ0v) is 20.5. The van der Waals surface area contributed by atoms with Crippen molar-refractivity contribution in [3.63, 3.8) is 0 Å². The van der Waals surface area contributed by atoms with Crippen molar-refractivity contribution in [3.8, 4) is 0 Å². The van der Waals surface area contributed by atoms with Crippen molar-refractivity contribution in [2.24, 2.45) is 0 Å². The summed E-state index contributed by atoms with van der Waals surface area (Å²) in [7, 11) is 0. The Kier molecular flexibility index (Phi) is 6.96. The fourth-order valence-corrected chi connectivity index (χ4v) is 7.02. The molecular formula is C26H38N4OS. The average Bonchev–Trinajstić information content (AvgIpc) is 3.03. The van der Waals surface area contributed by atoms with E-state index in [4.69, 9.17) is 9.97 Å². The zero-order chi connectivity index (χ0) is 21.9. The molecule has 0 bridgehead atoms. The Morgan fingerprint density at radius 2 is 1.72 bits per heavy atom. The number of carbonyl (C=O) groups excluding carboxylic acids is 1. The third-order valence-electron chi connectivity index (χ3n) is 7.71. The van der Waals surface area contributed by atoms with Crippen LogP contribution >= 0.6 is 11.3 Å². The molecule has 2 aromatic heterocycles. The molecule has 32 heavy (non-hydrogen) atoms. The van der Waals surface area contributed by atoms with Crippen LogP contribution in [0, 0.1) is 0 Å². The van der Waals surface area contributed by atoms with Crippen LogP contribution in [0.25, 0.3) is 10.2 Å². The summed E-state index contributed by atoms with van der Waals surface area (Å²) in [5.41, 5.74) is 1.54. The third-order valence-corrected chi connectivity index (χ3v) is 8.89. The maximum Gasteiger partial charge on any atom is 0.222 e. The number of piperazine rings is 1. The lowest BCUT2D eigenvalue weighted by Crippen LogP contribution is -2.49. The molecule has 1 saturated heterocycles. The van der Waals surface area contributed by atoms with Crippen LogP contribution in [0.4, 0.5) is 5.82 Å². The van der Waals surface area contributed by atoms with Gasteiger partial charge in [-0.2, -0.15) is 0 Å². The molecule has 2 aromatic rings. The number of unbranched alkanes of at least 4 members (excludes halogenated alkanes) is 1. The van der Waals surface area contributed by atoms with Crippen molar-refractivity contribution >= 4 is 33.3 Å². The monoisotopic (exact) mass is 454 g/mol. The molecule has 5 nitrogen and oxygen atoms in total. The smallest absolute Gasteiger partial charge is 0.222 e. The van der Waals surface area contributed by atoms with Crippen molar-refractivity contribution in [1.82, 2.24) is 14.9 Å². The highest BCUT2D eigenvalue weighted by Gasteiger charge is 2.28. The van der Waals surface area contributed by atoms with Crippen LogP contribution in [-0.2, 0) is 17.6 Å². The number of aromatic nitrogens is 2. The van der Waals surface area contributed by atoms with E-state index < -0.39 is 0 Å². The van der Waals surface area contributed by atoms with Gasteiger partial charge in [-0.25, -0.2) is 9.97 Å². The second-order valence-electron chi connectivity index (χ2n) is 9.96. The van der Waals surface area contributed by atoms with Gasteiger partial charge in [0.1, 0.15) is 16.5 Å². The summed E-state index contributed by atoms with van der Waals surface area (Å²) >= 11 is 1.94. The molecule has 1 aliphatic heterocycles. The number of hydrogen-bond donors (Lipinski definition) is 0. The van der Waals surface area contributed by atoms with Crippen molar-refractivity contribution in [1.29, 1.82) is 0 Å². The summed E-state index contributed by atoms with van der Waals surface area (Å²) in [6.07, 6.45) is 15.5. The molecule has 3 heterocycles. The molecule has 0 unspecified atom stereocenters. The first kappa shape index (κ1) is 22.1. The molecular weight excluding hydrogens is 416 g/mol. The number of carbonyl (C=O) groups is 1. The van der Waals surface area contributed by atoms with Crippen LogP contribution in [0.3, 0.4) is 0 Å². The lowest BCUT2D eigenvalue weighted by Gasteiger charge is -2.36. The van der Waals surface area contributed by atoms with E-state index in [9.17, 15) is 4.79 Å². The summed E-state index contributed by atoms with van der Waals surface area (Å²) in [5.74, 6) is 3.11. The average molecular weight is 455 g/mol. The van der Waals surface area contributed by atoms with Crippen LogP contribution in [0.15, 0.2) is 0 Å². The van der Waals surface area contributed by atoms with E-state index in [0.717, 1.165) is 44.8 Å². The molecule has 0 atom stereocenters. The topological polar surface area (TPSA) is 49.3 Å². The molecule has 0 spiro atoms. The fourth-order valence-electron chi connectivity index (χ4n) is 5.76. The fraction of sp³-hybridized carbons (Fsp3) is 0.731. The highest BCUT2D eigenvalue weighted by molar-refractivity contribution is 7.19. The molecule has 5 rings (SSSR count). The Balaban J connectivity index is 1.46. The molecule has 0 aromatic carbocycles. The molecule has 2 fully saturated rings. The second kappa shape index (κ2) is 10.1. The number of hydrogen-bond acceptors (Lipinski definition) is 5. The highest BCUT2D eigenvalue weighted by Crippen LogP contribution is 2.41. The summed E-state index contributed by atoms with van der Waals surface area (Å²) in [5, 5.41) is 1.34. The Morgan fingerprint density at radius 1 is 0.969 bits per heavy atom. The van der Waals surface area contributed by atoms with Crippen LogP contribution in [0.5, 0.6) is 0 Å². The largest absolute Gasteiger partial charge is 0.352 e. The first-order valence-electron chi connectivity index (χ1n) is 13.1. The number of amides is 1. The Morgan fingerprint density at radius 3 is 2.50 bits per heavy atom. The van der Waals surface area contributed by atoms with Gasteiger partial charge in [-0.05, 0) is 50.5 Å². The minimum absolute atomic E-state index is 0.326. The van der Waals surface area contributed by atoms with Crippen molar-refractivity contribution < 1.29 is 4.79 Å². The molecule has 0 radical (unpaired) electrons. The first-order chi connectivity index (χ1) is 15.7. The number of rotatable bonds is 5. The van der Waals surface area contributed by atoms with E-state index in [0.29, 0.717) is 18.2 Å². The SMILES string of the molecule is CCCCC(=O)N1CCN(c2nc(C3CCCCC3)nc3sc4c(c23)CCCCC4)CC1. The number of aryl methyl sites for hydroxylation is 2. The van der Waals surface area contributed by atoms with Crippen LogP contribution < -0.4 is 4.90 Å². The summed E-state index contributed by atoms with van der Waals surface area (Å²) in [6, 6.07) is 0. The van der Waals surface area contributed by atoms with E-state index >= 15 is 0 Å². The highest BCUT2D eigenvalue weighted by atomic mass is 32.1. The quantitative estimate of drug-likeness (QED) is 0.532. The lowest BCUT2D eigenvalue weighted by atomic mass is 9.88. The van der Waals surface area contributed by atoms with Gasteiger partial charge in [0.15, 0.2) is 0 Å². The van der Waals surface area contributed by atoms with Crippen LogP contribution in [-0.4, -0.2) is 47.0 Å². The molecule has 1 saturated carbocycles. The number of thiophene rings is 1. The molecule has 3 aliphatic rings. The Hall–Kier alpha value is -1.69. The van der Waals surface area contributed by atoms with Gasteiger partial charge in [0, 0.05) is 43.4 Å². The minimum Gasteiger partial charge on any atom is -0.352 e. The minimum atomic E-state index is 0.326. The Labute approximate surface area is 196 Å². The number of anilines is 1. The van der Waals surface area contributed by atoms with Gasteiger partial charge in [0.2, 0.25) is 5.91 Å². The van der Waals surface area contributed by atoms with Crippen molar-refractivity contribution in [2.75, 3.05) is 31.1 Å². The van der Waals surface area contributed by atoms with E-state index in [1.165, 1.54) is 85.8 Å². The second-order valence-corrected chi connectivity index (χ2v) is 11.0. The van der Waals surface area contributed by atoms with E-state index in [1.807, 2.05) is 11.3 Å². The maximum absolute atomic E-state index is 12.5. The van der Waals surface area contributed by atoms with Gasteiger partial charge in [0.25, 0.3) is 0 Å². The van der Waals surface area contributed by atoms with Gasteiger partial charge in [-0.3, -0.25) is 4.79 Å². The van der Waals surface area contributed by atoms with Gasteiger partial charge in [-0.1, -0.05) is 39.0 Å². The lowest BCUT2D eigenvalue weighted by molar-refractivity contribution is -0.131. The summed E-state index contributed by atoms with van der Waals surface area (Å²) in [4.78, 5) is 30.3. The van der Waals surface area contributed by atoms with E-state index in [1.54, 1.807) is 4.88 Å². The molecule has 0 N–H and O–H groups in total. The van der Waals surface area contributed by atoms with E-state index in [2.05, 4.69) is 16.7 Å². The normalized spacial score (nSPS) is 20.4. The molecule has 1 amide bonds. The number of fused-ring (bicyclic) bond motifs is 3. The maximum atomic E-state index is 12.5. The van der Waals surface area contributed by atoms with Crippen LogP contribution in [0.1, 0.15) is 99.7 Å². The summed E-state index contributed by atoms with van der Waals surface area (Å²) < 4.78 is 0. The van der Waals surface area contributed by atoms with Crippen molar-refractivity contribution in [2.45, 2.75) is 96.3 Å². The van der Waals surface area contributed by atoms with Crippen molar-refractivity contribution in [3.05, 3.63) is 16.3 Å². The zero-order valence-electron chi connectivity index (χ0n) is 19.7. The van der Waals surface area contributed by atoms with Gasteiger partial charge in [0.05, 0.1) is 5.39 Å². The molecule has 6 heteroatoms. The van der Waals surface area contributed by atoms with Gasteiger partial charge >= 0.3 is 0 Å². The predicted octanol–water partition coefficient (Wildman–Crippen LogP) is 5.85. The molecule has 2 aliphatic carbocycles. The van der Waals surface area contributed by atoms with Crippen LogP contribution in [0.2, 0.25) is 0 Å².